The molecule has 262 valence electrons. The highest BCUT2D eigenvalue weighted by Crippen LogP contribution is 2.42. The molecule has 4 heterocycles. The maximum Gasteiger partial charge on any atom is 0.167 e. The van der Waals surface area contributed by atoms with Gasteiger partial charge in [0.15, 0.2) is 17.5 Å². The summed E-state index contributed by atoms with van der Waals surface area (Å²) in [4.78, 5) is 20.9. The monoisotopic (exact) mass is 733 g/mol. The van der Waals surface area contributed by atoms with E-state index >= 15 is 0 Å². The van der Waals surface area contributed by atoms with E-state index in [4.69, 9.17) is 19.9 Å². The van der Waals surface area contributed by atoms with Crippen LogP contribution in [0, 0.1) is 0 Å². The number of nitrogens with zero attached hydrogens (tertiary/aromatic N) is 5. The molecule has 4 aromatic heterocycles. The van der Waals surface area contributed by atoms with Gasteiger partial charge in [0.05, 0.1) is 16.6 Å². The number of fused-ring (bicyclic) bond motifs is 6. The van der Waals surface area contributed by atoms with Gasteiger partial charge in [0.2, 0.25) is 0 Å². The van der Waals surface area contributed by atoms with Crippen molar-refractivity contribution in [2.45, 2.75) is 0 Å². The summed E-state index contributed by atoms with van der Waals surface area (Å²) in [6.07, 6.45) is 1.99. The molecule has 0 N–H and O–H groups in total. The van der Waals surface area contributed by atoms with Gasteiger partial charge < -0.3 is 0 Å². The molecular formula is C50H31N5S. The number of benzene rings is 7. The molecule has 0 saturated heterocycles. The Kier molecular flexibility index (Phi) is 7.60. The van der Waals surface area contributed by atoms with E-state index in [2.05, 4.69) is 120 Å². The van der Waals surface area contributed by atoms with Crippen LogP contribution in [-0.2, 0) is 0 Å². The lowest BCUT2D eigenvalue weighted by Gasteiger charge is -2.15. The Morgan fingerprint density at radius 2 is 0.929 bits per heavy atom. The first-order chi connectivity index (χ1) is 27.7. The number of para-hydroxylation sites is 1. The minimum Gasteiger partial charge on any atom is -0.293 e. The van der Waals surface area contributed by atoms with Crippen molar-refractivity contribution in [3.8, 4) is 62.2 Å². The molecule has 11 aromatic rings. The molecule has 0 aliphatic rings. The van der Waals surface area contributed by atoms with Crippen LogP contribution >= 0.6 is 11.3 Å². The van der Waals surface area contributed by atoms with E-state index in [9.17, 15) is 0 Å². The quantitative estimate of drug-likeness (QED) is 0.171. The summed E-state index contributed by atoms with van der Waals surface area (Å²) in [5, 5.41) is 4.88. The first-order valence-corrected chi connectivity index (χ1v) is 19.4. The largest absolute Gasteiger partial charge is 0.293 e. The molecule has 11 rings (SSSR count). The fourth-order valence-corrected chi connectivity index (χ4v) is 8.93. The van der Waals surface area contributed by atoms with E-state index in [1.54, 1.807) is 0 Å². The molecule has 0 bridgehead atoms. The second kappa shape index (κ2) is 13.2. The Hall–Kier alpha value is -7.28. The maximum atomic E-state index is 5.37. The van der Waals surface area contributed by atoms with Gasteiger partial charge in [-0.2, -0.15) is 0 Å². The van der Waals surface area contributed by atoms with E-state index in [-0.39, 0.29) is 0 Å². The first-order valence-electron chi connectivity index (χ1n) is 18.6. The van der Waals surface area contributed by atoms with Gasteiger partial charge in [-0.1, -0.05) is 146 Å². The van der Waals surface area contributed by atoms with Gasteiger partial charge in [-0.3, -0.25) is 4.57 Å². The van der Waals surface area contributed by atoms with Crippen molar-refractivity contribution in [3.63, 3.8) is 0 Å². The molecule has 0 saturated carbocycles. The van der Waals surface area contributed by atoms with Crippen LogP contribution in [0.5, 0.6) is 0 Å². The minimum atomic E-state index is 0.551. The molecule has 0 spiro atoms. The molecule has 5 nitrogen and oxygen atoms in total. The fraction of sp³-hybridized carbons (Fsp3) is 0. The van der Waals surface area contributed by atoms with E-state index < -0.39 is 0 Å². The Morgan fingerprint density at radius 3 is 1.64 bits per heavy atom. The number of aromatic nitrogens is 5. The van der Waals surface area contributed by atoms with Crippen LogP contribution < -0.4 is 0 Å². The molecule has 0 radical (unpaired) electrons. The normalized spacial score (nSPS) is 11.6. The second-order valence-corrected chi connectivity index (χ2v) is 15.0. The Labute approximate surface area is 326 Å². The minimum absolute atomic E-state index is 0.551. The predicted octanol–water partition coefficient (Wildman–Crippen LogP) is 13.1. The summed E-state index contributed by atoms with van der Waals surface area (Å²) < 4.78 is 4.80. The van der Waals surface area contributed by atoms with Crippen LogP contribution in [0.2, 0.25) is 0 Å². The van der Waals surface area contributed by atoms with E-state index in [1.807, 2.05) is 84.3 Å². The fourth-order valence-electron chi connectivity index (χ4n) is 7.81. The lowest BCUT2D eigenvalue weighted by molar-refractivity contribution is 1.04. The second-order valence-electron chi connectivity index (χ2n) is 13.9. The summed E-state index contributed by atoms with van der Waals surface area (Å²) in [7, 11) is 0. The van der Waals surface area contributed by atoms with Crippen molar-refractivity contribution in [1.29, 1.82) is 0 Å². The van der Waals surface area contributed by atoms with Gasteiger partial charge in [-0.15, -0.1) is 11.3 Å². The van der Waals surface area contributed by atoms with Crippen molar-refractivity contribution < 1.29 is 0 Å². The summed E-state index contributed by atoms with van der Waals surface area (Å²) in [5.74, 6) is 2.51. The summed E-state index contributed by atoms with van der Waals surface area (Å²) >= 11 is 1.82. The number of hydrogen-bond donors (Lipinski definition) is 0. The zero-order valence-corrected chi connectivity index (χ0v) is 30.9. The molecule has 0 atom stereocenters. The average Bonchev–Trinajstić information content (AvgIpc) is 3.81. The van der Waals surface area contributed by atoms with Crippen molar-refractivity contribution in [1.82, 2.24) is 24.5 Å². The number of thiophene rings is 1. The lowest BCUT2D eigenvalue weighted by Crippen LogP contribution is -2.05. The summed E-state index contributed by atoms with van der Waals surface area (Å²) in [5.41, 5.74) is 9.12. The van der Waals surface area contributed by atoms with Crippen LogP contribution in [-0.4, -0.2) is 24.5 Å². The highest BCUT2D eigenvalue weighted by molar-refractivity contribution is 7.25. The first kappa shape index (κ1) is 32.2. The zero-order chi connectivity index (χ0) is 37.0. The van der Waals surface area contributed by atoms with E-state index in [0.717, 1.165) is 61.2 Å². The van der Waals surface area contributed by atoms with Crippen molar-refractivity contribution >= 4 is 53.3 Å². The zero-order valence-electron chi connectivity index (χ0n) is 30.0. The third-order valence-corrected chi connectivity index (χ3v) is 11.6. The molecule has 7 aromatic carbocycles. The van der Waals surface area contributed by atoms with Crippen molar-refractivity contribution in [2.24, 2.45) is 0 Å². The standard InChI is InChI=1S/C50H31N5S/c1-4-15-32(16-5-1)35-21-14-22-36(27-35)37-28-42(49-53-47(33-17-6-2-7-18-33)52-48(54-49)34-19-8-3-9-20-34)50(51-31-37)55-43-25-12-10-23-38(43)40-29-41-39-24-11-13-26-45(39)56-46(41)30-44(40)55/h1-31H. The van der Waals surface area contributed by atoms with Gasteiger partial charge in [0.25, 0.3) is 0 Å². The number of rotatable bonds is 6. The van der Waals surface area contributed by atoms with Crippen LogP contribution in [0.1, 0.15) is 0 Å². The molecule has 0 aliphatic heterocycles. The van der Waals surface area contributed by atoms with Crippen molar-refractivity contribution in [3.05, 3.63) is 188 Å². The maximum absolute atomic E-state index is 5.37. The Bertz CT molecular complexity index is 3190. The van der Waals surface area contributed by atoms with Gasteiger partial charge >= 0.3 is 0 Å². The molecule has 6 heteroatoms. The van der Waals surface area contributed by atoms with Crippen molar-refractivity contribution in [2.75, 3.05) is 0 Å². The third kappa shape index (κ3) is 5.46. The van der Waals surface area contributed by atoms with E-state index in [0.29, 0.717) is 17.5 Å². The molecule has 56 heavy (non-hydrogen) atoms. The molecule has 0 amide bonds. The number of pyridine rings is 1. The van der Waals surface area contributed by atoms with E-state index in [1.165, 1.54) is 25.6 Å². The molecular weight excluding hydrogens is 703 g/mol. The molecule has 0 aliphatic carbocycles. The number of hydrogen-bond acceptors (Lipinski definition) is 5. The Balaban J connectivity index is 1.21. The van der Waals surface area contributed by atoms with Crippen LogP contribution in [0.3, 0.4) is 0 Å². The van der Waals surface area contributed by atoms with Crippen LogP contribution in [0.4, 0.5) is 0 Å². The highest BCUT2D eigenvalue weighted by atomic mass is 32.1. The van der Waals surface area contributed by atoms with Gasteiger partial charge in [0.1, 0.15) is 5.82 Å². The third-order valence-electron chi connectivity index (χ3n) is 10.5. The predicted molar refractivity (Wildman–Crippen MR) is 232 cm³/mol. The summed E-state index contributed by atoms with van der Waals surface area (Å²) in [6.45, 7) is 0. The summed E-state index contributed by atoms with van der Waals surface area (Å²) in [6, 6.07) is 63.5. The topological polar surface area (TPSA) is 56.5 Å². The Morgan fingerprint density at radius 1 is 0.357 bits per heavy atom. The van der Waals surface area contributed by atoms with Crippen LogP contribution in [0.15, 0.2) is 188 Å². The molecule has 0 fully saturated rings. The smallest absolute Gasteiger partial charge is 0.167 e. The van der Waals surface area contributed by atoms with Gasteiger partial charge in [-0.05, 0) is 53.1 Å². The van der Waals surface area contributed by atoms with Crippen LogP contribution in [0.25, 0.3) is 104 Å². The highest BCUT2D eigenvalue weighted by Gasteiger charge is 2.22. The van der Waals surface area contributed by atoms with Gasteiger partial charge in [0, 0.05) is 53.8 Å². The molecule has 0 unspecified atom stereocenters. The lowest BCUT2D eigenvalue weighted by atomic mass is 9.99. The SMILES string of the molecule is c1ccc(-c2cccc(-c3cnc(-n4c5ccccc5c5cc6c(cc54)sc4ccccc46)c(-c4nc(-c5ccccc5)nc(-c5ccccc5)n4)c3)c2)cc1. The van der Waals surface area contributed by atoms with Gasteiger partial charge in [-0.25, -0.2) is 19.9 Å². The average molecular weight is 734 g/mol.